The van der Waals surface area contributed by atoms with Gasteiger partial charge >= 0.3 is 0 Å². The van der Waals surface area contributed by atoms with E-state index in [9.17, 15) is 4.79 Å². The van der Waals surface area contributed by atoms with Gasteiger partial charge in [-0.1, -0.05) is 0 Å². The quantitative estimate of drug-likeness (QED) is 0.837. The Bertz CT molecular complexity index is 422. The molecular formula is C14H23N3O2. The molecule has 5 nitrogen and oxygen atoms in total. The van der Waals surface area contributed by atoms with Crippen molar-refractivity contribution in [3.8, 4) is 0 Å². The Kier molecular flexibility index (Phi) is 4.58. The summed E-state index contributed by atoms with van der Waals surface area (Å²) in [6.07, 6.45) is 5.39. The number of carbonyl (C=O) groups is 1. The molecule has 1 amide bonds. The number of aromatic nitrogens is 2. The normalized spacial score (nSPS) is 19.7. The van der Waals surface area contributed by atoms with Crippen molar-refractivity contribution in [2.24, 2.45) is 0 Å². The molecule has 2 heterocycles. The van der Waals surface area contributed by atoms with Crippen molar-refractivity contribution >= 4 is 5.91 Å². The minimum Gasteiger partial charge on any atom is -0.376 e. The van der Waals surface area contributed by atoms with Gasteiger partial charge in [-0.05, 0) is 39.2 Å². The molecule has 106 valence electrons. The van der Waals surface area contributed by atoms with Crippen LogP contribution in [0.15, 0.2) is 12.3 Å². The second-order valence-electron chi connectivity index (χ2n) is 5.45. The van der Waals surface area contributed by atoms with Crippen molar-refractivity contribution in [1.82, 2.24) is 14.7 Å². The molecule has 1 atom stereocenters. The molecule has 0 radical (unpaired) electrons. The summed E-state index contributed by atoms with van der Waals surface area (Å²) >= 11 is 0. The van der Waals surface area contributed by atoms with E-state index in [1.54, 1.807) is 15.6 Å². The Labute approximate surface area is 114 Å². The van der Waals surface area contributed by atoms with E-state index in [0.717, 1.165) is 19.4 Å². The highest BCUT2D eigenvalue weighted by atomic mass is 16.5. The first-order valence-electron chi connectivity index (χ1n) is 7.00. The van der Waals surface area contributed by atoms with E-state index in [1.165, 1.54) is 6.42 Å². The molecule has 0 bridgehead atoms. The van der Waals surface area contributed by atoms with Crippen molar-refractivity contribution < 1.29 is 9.53 Å². The van der Waals surface area contributed by atoms with E-state index >= 15 is 0 Å². The molecule has 0 saturated carbocycles. The summed E-state index contributed by atoms with van der Waals surface area (Å²) < 4.78 is 7.46. The number of hydrogen-bond donors (Lipinski definition) is 0. The smallest absolute Gasteiger partial charge is 0.274 e. The van der Waals surface area contributed by atoms with Crippen LogP contribution in [0, 0.1) is 0 Å². The van der Waals surface area contributed by atoms with Crippen LogP contribution in [0.5, 0.6) is 0 Å². The predicted molar refractivity (Wildman–Crippen MR) is 73.2 cm³/mol. The third-order valence-electron chi connectivity index (χ3n) is 3.45. The lowest BCUT2D eigenvalue weighted by Gasteiger charge is -2.27. The first kappa shape index (κ1) is 14.1. The van der Waals surface area contributed by atoms with Crippen molar-refractivity contribution in [2.75, 3.05) is 20.2 Å². The first-order valence-corrected chi connectivity index (χ1v) is 7.00. The molecular weight excluding hydrogens is 242 g/mol. The molecule has 0 spiro atoms. The first-order chi connectivity index (χ1) is 9.08. The van der Waals surface area contributed by atoms with Gasteiger partial charge in [-0.2, -0.15) is 5.10 Å². The fraction of sp³-hybridized carbons (Fsp3) is 0.714. The maximum atomic E-state index is 12.2. The van der Waals surface area contributed by atoms with Crippen LogP contribution in [-0.2, 0) is 4.74 Å². The lowest BCUT2D eigenvalue weighted by molar-refractivity contribution is -0.000307. The Morgan fingerprint density at radius 1 is 1.58 bits per heavy atom. The van der Waals surface area contributed by atoms with E-state index in [2.05, 4.69) is 5.10 Å². The molecule has 1 saturated heterocycles. The zero-order valence-electron chi connectivity index (χ0n) is 12.0. The lowest BCUT2D eigenvalue weighted by Crippen LogP contribution is -2.37. The second-order valence-corrected chi connectivity index (χ2v) is 5.45. The molecule has 0 aliphatic carbocycles. The minimum atomic E-state index is -0.0337. The molecule has 5 heteroatoms. The van der Waals surface area contributed by atoms with Gasteiger partial charge in [0, 0.05) is 32.4 Å². The zero-order valence-corrected chi connectivity index (χ0v) is 12.0. The average Bonchev–Trinajstić information content (AvgIpc) is 2.88. The fourth-order valence-corrected chi connectivity index (χ4v) is 2.28. The Morgan fingerprint density at radius 3 is 2.95 bits per heavy atom. The van der Waals surface area contributed by atoms with E-state index < -0.39 is 0 Å². The predicted octanol–water partition coefficient (Wildman–Crippen LogP) is 2.11. The highest BCUT2D eigenvalue weighted by Crippen LogP contribution is 2.14. The third-order valence-corrected chi connectivity index (χ3v) is 3.45. The van der Waals surface area contributed by atoms with Crippen LogP contribution in [0.25, 0.3) is 0 Å². The van der Waals surface area contributed by atoms with E-state index in [1.807, 2.05) is 27.1 Å². The van der Waals surface area contributed by atoms with Gasteiger partial charge in [0.1, 0.15) is 5.69 Å². The lowest BCUT2D eigenvalue weighted by atomic mass is 10.1. The number of amides is 1. The largest absolute Gasteiger partial charge is 0.376 e. The van der Waals surface area contributed by atoms with Gasteiger partial charge < -0.3 is 9.64 Å². The van der Waals surface area contributed by atoms with Gasteiger partial charge in [0.25, 0.3) is 5.91 Å². The van der Waals surface area contributed by atoms with Gasteiger partial charge in [-0.15, -0.1) is 0 Å². The summed E-state index contributed by atoms with van der Waals surface area (Å²) in [6, 6.07) is 2.05. The summed E-state index contributed by atoms with van der Waals surface area (Å²) in [5.74, 6) is -0.0337. The molecule has 1 aliphatic heterocycles. The van der Waals surface area contributed by atoms with Crippen molar-refractivity contribution in [2.45, 2.75) is 45.3 Å². The average molecular weight is 265 g/mol. The van der Waals surface area contributed by atoms with Gasteiger partial charge in [-0.3, -0.25) is 9.48 Å². The standard InChI is InChI=1S/C14H23N3O2/c1-11(2)17-8-7-13(15-17)14(18)16(3)10-12-6-4-5-9-19-12/h7-8,11-12H,4-6,9-10H2,1-3H3/t12-/m1/s1. The summed E-state index contributed by atoms with van der Waals surface area (Å²) in [5, 5.41) is 4.31. The molecule has 1 aromatic rings. The van der Waals surface area contributed by atoms with Crippen molar-refractivity contribution in [3.05, 3.63) is 18.0 Å². The topological polar surface area (TPSA) is 47.4 Å². The van der Waals surface area contributed by atoms with Crippen LogP contribution in [0.2, 0.25) is 0 Å². The molecule has 0 unspecified atom stereocenters. The molecule has 1 aromatic heterocycles. The maximum absolute atomic E-state index is 12.2. The van der Waals surface area contributed by atoms with Crippen LogP contribution < -0.4 is 0 Å². The number of carbonyl (C=O) groups excluding carboxylic acids is 1. The molecule has 2 rings (SSSR count). The van der Waals surface area contributed by atoms with E-state index in [4.69, 9.17) is 4.74 Å². The maximum Gasteiger partial charge on any atom is 0.274 e. The fourth-order valence-electron chi connectivity index (χ4n) is 2.28. The molecule has 0 N–H and O–H groups in total. The third kappa shape index (κ3) is 3.56. The Balaban J connectivity index is 1.93. The summed E-state index contributed by atoms with van der Waals surface area (Å²) in [4.78, 5) is 14.0. The van der Waals surface area contributed by atoms with Crippen molar-refractivity contribution in [1.29, 1.82) is 0 Å². The van der Waals surface area contributed by atoms with Gasteiger partial charge in [0.05, 0.1) is 6.10 Å². The van der Waals surface area contributed by atoms with Gasteiger partial charge in [0.2, 0.25) is 0 Å². The summed E-state index contributed by atoms with van der Waals surface area (Å²) in [5.41, 5.74) is 0.506. The van der Waals surface area contributed by atoms with Crippen LogP contribution in [0.1, 0.15) is 49.6 Å². The second kappa shape index (κ2) is 6.19. The van der Waals surface area contributed by atoms with Gasteiger partial charge in [0.15, 0.2) is 0 Å². The van der Waals surface area contributed by atoms with E-state index in [0.29, 0.717) is 12.2 Å². The monoisotopic (exact) mass is 265 g/mol. The minimum absolute atomic E-state index is 0.0337. The zero-order chi connectivity index (χ0) is 13.8. The Morgan fingerprint density at radius 2 is 2.37 bits per heavy atom. The van der Waals surface area contributed by atoms with Gasteiger partial charge in [-0.25, -0.2) is 0 Å². The van der Waals surface area contributed by atoms with Crippen molar-refractivity contribution in [3.63, 3.8) is 0 Å². The number of likely N-dealkylation sites (N-methyl/N-ethyl adjacent to an activating group) is 1. The molecule has 1 fully saturated rings. The number of nitrogens with zero attached hydrogens (tertiary/aromatic N) is 3. The summed E-state index contributed by atoms with van der Waals surface area (Å²) in [6.45, 7) is 5.55. The van der Waals surface area contributed by atoms with Crippen LogP contribution in [0.4, 0.5) is 0 Å². The highest BCUT2D eigenvalue weighted by Gasteiger charge is 2.21. The molecule has 19 heavy (non-hydrogen) atoms. The van der Waals surface area contributed by atoms with Crippen LogP contribution in [-0.4, -0.2) is 46.9 Å². The number of ether oxygens (including phenoxy) is 1. The molecule has 0 aromatic carbocycles. The number of hydrogen-bond acceptors (Lipinski definition) is 3. The summed E-state index contributed by atoms with van der Waals surface area (Å²) in [7, 11) is 1.81. The van der Waals surface area contributed by atoms with Crippen LogP contribution in [0.3, 0.4) is 0 Å². The van der Waals surface area contributed by atoms with E-state index in [-0.39, 0.29) is 18.1 Å². The number of rotatable bonds is 4. The Hall–Kier alpha value is -1.36. The molecule has 1 aliphatic rings. The SMILES string of the molecule is CC(C)n1ccc(C(=O)N(C)C[C@H]2CCCCO2)n1. The van der Waals surface area contributed by atoms with Crippen LogP contribution >= 0.6 is 0 Å². The highest BCUT2D eigenvalue weighted by molar-refractivity contribution is 5.92.